The summed E-state index contributed by atoms with van der Waals surface area (Å²) in [5.41, 5.74) is 5.94. The van der Waals surface area contributed by atoms with Crippen LogP contribution in [0.4, 0.5) is 17.1 Å². The Morgan fingerprint density at radius 2 is 1.71 bits per heavy atom. The van der Waals surface area contributed by atoms with Crippen molar-refractivity contribution in [2.75, 3.05) is 10.6 Å². The molecule has 0 saturated heterocycles. The minimum atomic E-state index is -0.220. The third-order valence-corrected chi connectivity index (χ3v) is 4.66. The van der Waals surface area contributed by atoms with Gasteiger partial charge in [0.25, 0.3) is 11.8 Å². The number of amides is 2. The van der Waals surface area contributed by atoms with Gasteiger partial charge >= 0.3 is 0 Å². The molecule has 0 spiro atoms. The molecule has 2 N–H and O–H groups in total. The molecule has 3 aromatic carbocycles. The summed E-state index contributed by atoms with van der Waals surface area (Å²) in [5, 5.41) is 5.73. The number of hydrogen-bond donors (Lipinski definition) is 2. The minimum Gasteiger partial charge on any atom is -0.322 e. The topological polar surface area (TPSA) is 70.6 Å². The van der Waals surface area contributed by atoms with Gasteiger partial charge in [0.1, 0.15) is 5.71 Å². The van der Waals surface area contributed by atoms with Crippen LogP contribution in [0.15, 0.2) is 71.7 Å². The molecule has 5 heteroatoms. The first-order valence-electron chi connectivity index (χ1n) is 8.99. The number of nitrogens with zero attached hydrogens (tertiary/aromatic N) is 1. The molecule has 1 aliphatic rings. The highest BCUT2D eigenvalue weighted by atomic mass is 16.2. The summed E-state index contributed by atoms with van der Waals surface area (Å²) in [5.74, 6) is -0.407. The summed E-state index contributed by atoms with van der Waals surface area (Å²) in [7, 11) is 0. The third kappa shape index (κ3) is 3.42. The normalized spacial score (nSPS) is 13.9. The number of fused-ring (bicyclic) bond motifs is 1. The second-order valence-corrected chi connectivity index (χ2v) is 6.78. The van der Waals surface area contributed by atoms with E-state index in [9.17, 15) is 9.59 Å². The molecular weight excluding hydrogens is 350 g/mol. The van der Waals surface area contributed by atoms with E-state index in [0.29, 0.717) is 17.0 Å². The highest BCUT2D eigenvalue weighted by Gasteiger charge is 2.25. The summed E-state index contributed by atoms with van der Waals surface area (Å²) >= 11 is 0. The third-order valence-electron chi connectivity index (χ3n) is 4.66. The van der Waals surface area contributed by atoms with Crippen LogP contribution in [0.1, 0.15) is 27.0 Å². The maximum Gasteiger partial charge on any atom is 0.275 e. The maximum absolute atomic E-state index is 12.5. The molecule has 0 bridgehead atoms. The zero-order valence-corrected chi connectivity index (χ0v) is 15.6. The van der Waals surface area contributed by atoms with Crippen LogP contribution in [0, 0.1) is 13.8 Å². The van der Waals surface area contributed by atoms with Crippen LogP contribution in [0.5, 0.6) is 0 Å². The summed E-state index contributed by atoms with van der Waals surface area (Å²) in [4.78, 5) is 29.2. The fourth-order valence-corrected chi connectivity index (χ4v) is 3.10. The maximum atomic E-state index is 12.5. The van der Waals surface area contributed by atoms with Gasteiger partial charge in [-0.2, -0.15) is 0 Å². The molecule has 0 fully saturated rings. The van der Waals surface area contributed by atoms with Crippen LogP contribution < -0.4 is 10.6 Å². The number of anilines is 2. The Hall–Kier alpha value is -3.73. The van der Waals surface area contributed by atoms with Crippen molar-refractivity contribution in [2.45, 2.75) is 13.8 Å². The summed E-state index contributed by atoms with van der Waals surface area (Å²) in [6.45, 7) is 3.92. The number of hydrogen-bond acceptors (Lipinski definition) is 3. The molecule has 4 rings (SSSR count). The highest BCUT2D eigenvalue weighted by Crippen LogP contribution is 2.27. The van der Waals surface area contributed by atoms with Gasteiger partial charge in [-0.05, 0) is 61.9 Å². The van der Waals surface area contributed by atoms with Crippen molar-refractivity contribution in [1.82, 2.24) is 0 Å². The van der Waals surface area contributed by atoms with E-state index in [1.165, 1.54) is 0 Å². The van der Waals surface area contributed by atoms with Crippen molar-refractivity contribution in [3.8, 4) is 0 Å². The molecule has 1 aliphatic heterocycles. The van der Waals surface area contributed by atoms with Gasteiger partial charge in [-0.15, -0.1) is 0 Å². The molecular formula is C23H19N3O2. The predicted molar refractivity (Wildman–Crippen MR) is 112 cm³/mol. The Balaban J connectivity index is 1.57. The number of aryl methyl sites for hydroxylation is 2. The number of para-hydroxylation sites is 1. The Kier molecular flexibility index (Phi) is 4.49. The fraction of sp³-hybridized carbons (Fsp3) is 0.0870. The SMILES string of the molecule is Cc1ccc2c(c1)C(=Nc1ccc(C(=O)Nc3ccccc3C)cc1)C(=O)N2. The van der Waals surface area contributed by atoms with Crippen LogP contribution in [0.2, 0.25) is 0 Å². The van der Waals surface area contributed by atoms with E-state index in [1.807, 2.05) is 56.3 Å². The monoisotopic (exact) mass is 369 g/mol. The van der Waals surface area contributed by atoms with E-state index in [0.717, 1.165) is 28.1 Å². The van der Waals surface area contributed by atoms with Crippen molar-refractivity contribution < 1.29 is 9.59 Å². The van der Waals surface area contributed by atoms with Gasteiger partial charge in [0, 0.05) is 16.8 Å². The van der Waals surface area contributed by atoms with Crippen molar-refractivity contribution in [3.05, 3.63) is 89.0 Å². The zero-order chi connectivity index (χ0) is 19.7. The highest BCUT2D eigenvalue weighted by molar-refractivity contribution is 6.54. The second kappa shape index (κ2) is 7.12. The molecule has 28 heavy (non-hydrogen) atoms. The van der Waals surface area contributed by atoms with E-state index >= 15 is 0 Å². The number of aliphatic imine (C=N–C) groups is 1. The van der Waals surface area contributed by atoms with Crippen molar-refractivity contribution in [2.24, 2.45) is 4.99 Å². The van der Waals surface area contributed by atoms with Gasteiger partial charge in [0.15, 0.2) is 0 Å². The number of carbonyl (C=O) groups is 2. The molecule has 138 valence electrons. The molecule has 0 unspecified atom stereocenters. The first kappa shape index (κ1) is 17.7. The second-order valence-electron chi connectivity index (χ2n) is 6.78. The van der Waals surface area contributed by atoms with Crippen molar-refractivity contribution >= 4 is 34.6 Å². The summed E-state index contributed by atoms with van der Waals surface area (Å²) < 4.78 is 0. The molecule has 0 saturated carbocycles. The number of rotatable bonds is 3. The lowest BCUT2D eigenvalue weighted by Gasteiger charge is -2.08. The van der Waals surface area contributed by atoms with Gasteiger partial charge < -0.3 is 10.6 Å². The summed E-state index contributed by atoms with van der Waals surface area (Å²) in [6, 6.07) is 20.3. The van der Waals surface area contributed by atoms with Crippen molar-refractivity contribution in [3.63, 3.8) is 0 Å². The average Bonchev–Trinajstić information content (AvgIpc) is 2.99. The molecule has 0 atom stereocenters. The Bertz CT molecular complexity index is 1110. The largest absolute Gasteiger partial charge is 0.322 e. The smallest absolute Gasteiger partial charge is 0.275 e. The van der Waals surface area contributed by atoms with Gasteiger partial charge in [-0.25, -0.2) is 4.99 Å². The van der Waals surface area contributed by atoms with E-state index in [1.54, 1.807) is 24.3 Å². The van der Waals surface area contributed by atoms with Crippen LogP contribution in [-0.2, 0) is 4.79 Å². The zero-order valence-electron chi connectivity index (χ0n) is 15.6. The number of nitrogens with one attached hydrogen (secondary N) is 2. The van der Waals surface area contributed by atoms with Crippen LogP contribution in [-0.4, -0.2) is 17.5 Å². The molecule has 5 nitrogen and oxygen atoms in total. The van der Waals surface area contributed by atoms with Crippen LogP contribution in [0.3, 0.4) is 0 Å². The lowest BCUT2D eigenvalue weighted by Crippen LogP contribution is -2.14. The quantitative estimate of drug-likeness (QED) is 0.707. The van der Waals surface area contributed by atoms with E-state index < -0.39 is 0 Å². The predicted octanol–water partition coefficient (Wildman–Crippen LogP) is 4.63. The lowest BCUT2D eigenvalue weighted by atomic mass is 10.1. The van der Waals surface area contributed by atoms with E-state index in [2.05, 4.69) is 15.6 Å². The van der Waals surface area contributed by atoms with Crippen LogP contribution >= 0.6 is 0 Å². The summed E-state index contributed by atoms with van der Waals surface area (Å²) in [6.07, 6.45) is 0. The molecule has 0 aromatic heterocycles. The number of carbonyl (C=O) groups excluding carboxylic acids is 2. The minimum absolute atomic E-state index is 0.187. The van der Waals surface area contributed by atoms with Gasteiger partial charge in [-0.1, -0.05) is 29.8 Å². The molecule has 2 amide bonds. The fourth-order valence-electron chi connectivity index (χ4n) is 3.10. The first-order valence-corrected chi connectivity index (χ1v) is 8.99. The van der Waals surface area contributed by atoms with Gasteiger partial charge in [0.05, 0.1) is 11.4 Å². The molecule has 0 aliphatic carbocycles. The first-order chi connectivity index (χ1) is 13.5. The average molecular weight is 369 g/mol. The van der Waals surface area contributed by atoms with E-state index in [-0.39, 0.29) is 11.8 Å². The lowest BCUT2D eigenvalue weighted by molar-refractivity contribution is -0.110. The molecule has 0 radical (unpaired) electrons. The Labute approximate surface area is 163 Å². The Morgan fingerprint density at radius 3 is 2.46 bits per heavy atom. The van der Waals surface area contributed by atoms with Crippen LogP contribution in [0.25, 0.3) is 0 Å². The molecule has 3 aromatic rings. The van der Waals surface area contributed by atoms with Gasteiger partial charge in [0.2, 0.25) is 0 Å². The van der Waals surface area contributed by atoms with Gasteiger partial charge in [-0.3, -0.25) is 9.59 Å². The van der Waals surface area contributed by atoms with E-state index in [4.69, 9.17) is 0 Å². The standard InChI is InChI=1S/C23H19N3O2/c1-14-7-12-20-18(13-14)21(23(28)26-20)24-17-10-8-16(9-11-17)22(27)25-19-6-4-3-5-15(19)2/h3-13H,1-2H3,(H,25,27)(H,24,26,28). The van der Waals surface area contributed by atoms with Crippen molar-refractivity contribution in [1.29, 1.82) is 0 Å². The Morgan fingerprint density at radius 1 is 0.964 bits per heavy atom. The number of benzene rings is 3. The molecule has 1 heterocycles.